The monoisotopic (exact) mass is 350 g/mol. The second-order valence-electron chi connectivity index (χ2n) is 5.50. The van der Waals surface area contributed by atoms with E-state index in [1.165, 1.54) is 31.4 Å². The molecule has 1 N–H and O–H groups in total. The Labute approximate surface area is 145 Å². The van der Waals surface area contributed by atoms with E-state index in [9.17, 15) is 13.6 Å². The number of ether oxygens (including phenoxy) is 2. The van der Waals surface area contributed by atoms with Gasteiger partial charge >= 0.3 is 0 Å². The number of benzene rings is 2. The number of carbonyl (C=O) groups is 1. The van der Waals surface area contributed by atoms with E-state index in [0.29, 0.717) is 12.3 Å². The second kappa shape index (κ2) is 8.43. The smallest absolute Gasteiger partial charge is 0.255 e. The fourth-order valence-corrected chi connectivity index (χ4v) is 2.14. The summed E-state index contributed by atoms with van der Waals surface area (Å²) in [6.07, 6.45) is 0. The van der Waals surface area contributed by atoms with E-state index in [4.69, 9.17) is 9.47 Å². The average Bonchev–Trinajstić information content (AvgIpc) is 2.56. The van der Waals surface area contributed by atoms with Crippen LogP contribution in [0.4, 0.5) is 20.2 Å². The van der Waals surface area contributed by atoms with Crippen molar-refractivity contribution < 1.29 is 23.0 Å². The number of methoxy groups -OCH3 is 1. The fraction of sp³-hybridized carbons (Fsp3) is 0.278. The Bertz CT molecular complexity index is 751. The minimum atomic E-state index is -0.608. The Morgan fingerprint density at radius 2 is 1.84 bits per heavy atom. The number of hydrogen-bond donors (Lipinski definition) is 1. The molecular formula is C18H20F2N2O3. The van der Waals surface area contributed by atoms with Gasteiger partial charge < -0.3 is 19.7 Å². The Hall–Kier alpha value is -2.67. The van der Waals surface area contributed by atoms with Gasteiger partial charge in [-0.2, -0.15) is 0 Å². The van der Waals surface area contributed by atoms with Crippen molar-refractivity contribution in [2.45, 2.75) is 0 Å². The molecule has 0 heterocycles. The minimum absolute atomic E-state index is 0.0661. The van der Waals surface area contributed by atoms with Crippen LogP contribution >= 0.6 is 0 Å². The molecule has 0 aliphatic rings. The molecule has 0 bridgehead atoms. The quantitative estimate of drug-likeness (QED) is 0.779. The maximum Gasteiger partial charge on any atom is 0.255 e. The normalized spacial score (nSPS) is 10.4. The summed E-state index contributed by atoms with van der Waals surface area (Å²) in [5.74, 6) is -1.58. The van der Waals surface area contributed by atoms with Crippen LogP contribution in [0, 0.1) is 11.6 Å². The molecule has 0 atom stereocenters. The zero-order valence-electron chi connectivity index (χ0n) is 14.3. The van der Waals surface area contributed by atoms with Gasteiger partial charge in [-0.15, -0.1) is 0 Å². The molecule has 2 aromatic rings. The average molecular weight is 350 g/mol. The van der Waals surface area contributed by atoms with Gasteiger partial charge in [0.15, 0.2) is 11.6 Å². The highest BCUT2D eigenvalue weighted by Gasteiger charge is 2.12. The summed E-state index contributed by atoms with van der Waals surface area (Å²) < 4.78 is 37.9. The number of rotatable bonds is 7. The van der Waals surface area contributed by atoms with Crippen molar-refractivity contribution >= 4 is 17.3 Å². The summed E-state index contributed by atoms with van der Waals surface area (Å²) in [5.41, 5.74) is 0.766. The van der Waals surface area contributed by atoms with Crippen molar-refractivity contribution in [3.05, 3.63) is 53.6 Å². The largest absolute Gasteiger partial charge is 0.488 e. The summed E-state index contributed by atoms with van der Waals surface area (Å²) in [6.45, 7) is 0.559. The third kappa shape index (κ3) is 4.90. The highest BCUT2D eigenvalue weighted by molar-refractivity contribution is 6.04. The van der Waals surface area contributed by atoms with Gasteiger partial charge in [0.1, 0.15) is 12.4 Å². The molecular weight excluding hydrogens is 330 g/mol. The SMILES string of the molecule is COCCOc1ccc(NC(=O)c2ccc(N(C)C)c(F)c2)cc1F. The Morgan fingerprint density at radius 1 is 1.08 bits per heavy atom. The zero-order chi connectivity index (χ0) is 18.4. The van der Waals surface area contributed by atoms with Crippen LogP contribution in [0.5, 0.6) is 5.75 Å². The highest BCUT2D eigenvalue weighted by Crippen LogP contribution is 2.23. The van der Waals surface area contributed by atoms with Crippen LogP contribution in [0.15, 0.2) is 36.4 Å². The molecule has 2 aromatic carbocycles. The first-order chi connectivity index (χ1) is 11.9. The zero-order valence-corrected chi connectivity index (χ0v) is 14.3. The topological polar surface area (TPSA) is 50.8 Å². The molecule has 134 valence electrons. The summed E-state index contributed by atoms with van der Waals surface area (Å²) in [6, 6.07) is 8.22. The number of anilines is 2. The molecule has 0 unspecified atom stereocenters. The van der Waals surface area contributed by atoms with E-state index in [1.54, 1.807) is 19.0 Å². The number of hydrogen-bond acceptors (Lipinski definition) is 4. The molecule has 0 aliphatic heterocycles. The van der Waals surface area contributed by atoms with Crippen LogP contribution in [0.2, 0.25) is 0 Å². The van der Waals surface area contributed by atoms with E-state index in [-0.39, 0.29) is 23.6 Å². The standard InChI is InChI=1S/C18H20F2N2O3/c1-22(2)16-6-4-12(10-14(16)19)18(23)21-13-5-7-17(15(20)11-13)25-9-8-24-3/h4-7,10-11H,8-9H2,1-3H3,(H,21,23). The van der Waals surface area contributed by atoms with E-state index in [1.807, 2.05) is 0 Å². The Balaban J connectivity index is 2.07. The van der Waals surface area contributed by atoms with Crippen LogP contribution in [-0.2, 0) is 4.74 Å². The summed E-state index contributed by atoms with van der Waals surface area (Å²) in [4.78, 5) is 13.8. The molecule has 25 heavy (non-hydrogen) atoms. The van der Waals surface area contributed by atoms with E-state index in [2.05, 4.69) is 5.32 Å². The van der Waals surface area contributed by atoms with Gasteiger partial charge in [-0.05, 0) is 30.3 Å². The summed E-state index contributed by atoms with van der Waals surface area (Å²) >= 11 is 0. The van der Waals surface area contributed by atoms with Crippen molar-refractivity contribution in [3.8, 4) is 5.75 Å². The van der Waals surface area contributed by atoms with Gasteiger partial charge in [-0.25, -0.2) is 8.78 Å². The van der Waals surface area contributed by atoms with Crippen LogP contribution in [-0.4, -0.2) is 40.3 Å². The van der Waals surface area contributed by atoms with Crippen molar-refractivity contribution in [1.82, 2.24) is 0 Å². The molecule has 0 saturated carbocycles. The van der Waals surface area contributed by atoms with Crippen LogP contribution in [0.1, 0.15) is 10.4 Å². The Morgan fingerprint density at radius 3 is 2.44 bits per heavy atom. The van der Waals surface area contributed by atoms with Gasteiger partial charge in [-0.3, -0.25) is 4.79 Å². The Kier molecular flexibility index (Phi) is 6.30. The lowest BCUT2D eigenvalue weighted by atomic mass is 10.1. The summed E-state index contributed by atoms with van der Waals surface area (Å²) in [5, 5.41) is 2.53. The molecule has 1 amide bonds. The van der Waals surface area contributed by atoms with Gasteiger partial charge in [0.05, 0.1) is 12.3 Å². The second-order valence-corrected chi connectivity index (χ2v) is 5.50. The van der Waals surface area contributed by atoms with E-state index >= 15 is 0 Å². The molecule has 0 aliphatic carbocycles. The molecule has 5 nitrogen and oxygen atoms in total. The van der Waals surface area contributed by atoms with E-state index < -0.39 is 17.5 Å². The lowest BCUT2D eigenvalue weighted by Gasteiger charge is -2.14. The van der Waals surface area contributed by atoms with Gasteiger partial charge in [0.2, 0.25) is 0 Å². The third-order valence-corrected chi connectivity index (χ3v) is 3.43. The predicted octanol–water partition coefficient (Wildman–Crippen LogP) is 3.31. The number of nitrogens with zero attached hydrogens (tertiary/aromatic N) is 1. The number of amides is 1. The van der Waals surface area contributed by atoms with Crippen LogP contribution in [0.3, 0.4) is 0 Å². The molecule has 0 aromatic heterocycles. The van der Waals surface area contributed by atoms with Gasteiger partial charge in [-0.1, -0.05) is 0 Å². The third-order valence-electron chi connectivity index (χ3n) is 3.43. The molecule has 0 fully saturated rings. The summed E-state index contributed by atoms with van der Waals surface area (Å²) in [7, 11) is 4.93. The first-order valence-electron chi connectivity index (χ1n) is 7.62. The number of nitrogens with one attached hydrogen (secondary N) is 1. The van der Waals surface area contributed by atoms with Crippen molar-refractivity contribution in [2.75, 3.05) is 44.6 Å². The fourth-order valence-electron chi connectivity index (χ4n) is 2.14. The first-order valence-corrected chi connectivity index (χ1v) is 7.62. The van der Waals surface area contributed by atoms with Gasteiger partial charge in [0.25, 0.3) is 5.91 Å². The molecule has 7 heteroatoms. The molecule has 2 rings (SSSR count). The van der Waals surface area contributed by atoms with E-state index in [0.717, 1.165) is 12.1 Å². The van der Waals surface area contributed by atoms with Gasteiger partial charge in [0, 0.05) is 38.5 Å². The molecule has 0 spiro atoms. The van der Waals surface area contributed by atoms with Crippen LogP contribution < -0.4 is 15.0 Å². The van der Waals surface area contributed by atoms with Crippen molar-refractivity contribution in [1.29, 1.82) is 0 Å². The molecule has 0 radical (unpaired) electrons. The first kappa shape index (κ1) is 18.7. The number of halogens is 2. The molecule has 0 saturated heterocycles. The van der Waals surface area contributed by atoms with Crippen molar-refractivity contribution in [3.63, 3.8) is 0 Å². The maximum absolute atomic E-state index is 14.0. The van der Waals surface area contributed by atoms with Crippen molar-refractivity contribution in [2.24, 2.45) is 0 Å². The lowest BCUT2D eigenvalue weighted by Crippen LogP contribution is -2.15. The highest BCUT2D eigenvalue weighted by atomic mass is 19.1. The predicted molar refractivity (Wildman–Crippen MR) is 92.5 cm³/mol. The lowest BCUT2D eigenvalue weighted by molar-refractivity contribution is 0.102. The minimum Gasteiger partial charge on any atom is -0.488 e. The van der Waals surface area contributed by atoms with Crippen LogP contribution in [0.25, 0.3) is 0 Å². The number of carbonyl (C=O) groups excluding carboxylic acids is 1. The maximum atomic E-state index is 14.0.